The van der Waals surface area contributed by atoms with Gasteiger partial charge >= 0.3 is 5.97 Å². The van der Waals surface area contributed by atoms with E-state index in [0.29, 0.717) is 25.9 Å². The summed E-state index contributed by atoms with van der Waals surface area (Å²) in [6.07, 6.45) is 5.04. The van der Waals surface area contributed by atoms with Crippen molar-refractivity contribution in [2.45, 2.75) is 19.3 Å². The van der Waals surface area contributed by atoms with Crippen molar-refractivity contribution in [1.82, 2.24) is 9.88 Å². The Labute approximate surface area is 105 Å². The van der Waals surface area contributed by atoms with Crippen LogP contribution in [0.1, 0.15) is 18.4 Å². The molecule has 1 aliphatic heterocycles. The number of carboxylic acids is 1. The summed E-state index contributed by atoms with van der Waals surface area (Å²) >= 11 is 0. The van der Waals surface area contributed by atoms with Crippen LogP contribution < -0.4 is 0 Å². The molecule has 0 saturated carbocycles. The van der Waals surface area contributed by atoms with E-state index in [9.17, 15) is 9.59 Å². The molecule has 0 aliphatic carbocycles. The van der Waals surface area contributed by atoms with Gasteiger partial charge in [-0.1, -0.05) is 6.07 Å². The normalized spacial score (nSPS) is 19.6. The van der Waals surface area contributed by atoms with Crippen LogP contribution in [0.3, 0.4) is 0 Å². The summed E-state index contributed by atoms with van der Waals surface area (Å²) in [5.41, 5.74) is 0.861. The van der Waals surface area contributed by atoms with Crippen molar-refractivity contribution in [3.63, 3.8) is 0 Å². The Hall–Kier alpha value is -1.91. The molecule has 0 unspecified atom stereocenters. The number of hydrogen-bond acceptors (Lipinski definition) is 3. The third kappa shape index (κ3) is 3.06. The highest BCUT2D eigenvalue weighted by Crippen LogP contribution is 2.17. The minimum Gasteiger partial charge on any atom is -0.481 e. The van der Waals surface area contributed by atoms with E-state index < -0.39 is 11.9 Å². The van der Waals surface area contributed by atoms with E-state index in [4.69, 9.17) is 5.11 Å². The Morgan fingerprint density at radius 3 is 3.00 bits per heavy atom. The zero-order chi connectivity index (χ0) is 13.0. The van der Waals surface area contributed by atoms with Crippen LogP contribution in [0, 0.1) is 5.92 Å². The highest BCUT2D eigenvalue weighted by Gasteiger charge is 2.27. The maximum absolute atomic E-state index is 12.0. The van der Waals surface area contributed by atoms with Crippen LogP contribution in [-0.4, -0.2) is 40.0 Å². The van der Waals surface area contributed by atoms with Gasteiger partial charge in [-0.25, -0.2) is 0 Å². The zero-order valence-electron chi connectivity index (χ0n) is 10.1. The predicted octanol–water partition coefficient (Wildman–Crippen LogP) is 0.947. The number of hydrogen-bond donors (Lipinski definition) is 1. The molecule has 5 heteroatoms. The number of pyridine rings is 1. The average Bonchev–Trinajstić information content (AvgIpc) is 2.40. The van der Waals surface area contributed by atoms with Crippen LogP contribution in [0.4, 0.5) is 0 Å². The van der Waals surface area contributed by atoms with Crippen molar-refractivity contribution >= 4 is 11.9 Å². The van der Waals surface area contributed by atoms with Crippen LogP contribution in [0.25, 0.3) is 0 Å². The Kier molecular flexibility index (Phi) is 3.92. The number of carbonyl (C=O) groups excluding carboxylic acids is 1. The highest BCUT2D eigenvalue weighted by molar-refractivity contribution is 5.80. The zero-order valence-corrected chi connectivity index (χ0v) is 10.1. The molecule has 1 amide bonds. The van der Waals surface area contributed by atoms with E-state index in [1.807, 2.05) is 6.07 Å². The summed E-state index contributed by atoms with van der Waals surface area (Å²) < 4.78 is 0. The predicted molar refractivity (Wildman–Crippen MR) is 64.9 cm³/mol. The minimum atomic E-state index is -0.811. The van der Waals surface area contributed by atoms with Crippen LogP contribution in [0.2, 0.25) is 0 Å². The molecule has 5 nitrogen and oxygen atoms in total. The monoisotopic (exact) mass is 248 g/mol. The molecule has 1 aromatic rings. The van der Waals surface area contributed by atoms with E-state index in [0.717, 1.165) is 12.0 Å². The van der Waals surface area contributed by atoms with Gasteiger partial charge in [-0.05, 0) is 24.5 Å². The summed E-state index contributed by atoms with van der Waals surface area (Å²) in [7, 11) is 0. The first-order valence-corrected chi connectivity index (χ1v) is 6.06. The quantitative estimate of drug-likeness (QED) is 0.864. The molecule has 0 aromatic carbocycles. The standard InChI is InChI=1S/C13H16N2O3/c16-12(7-10-3-1-5-14-8-10)15-6-2-4-11(9-15)13(17)18/h1,3,5,8,11H,2,4,6-7,9H2,(H,17,18)/t11-/m0/s1. The SMILES string of the molecule is O=C(O)[C@H]1CCCN(C(=O)Cc2cccnc2)C1. The van der Waals surface area contributed by atoms with Crippen LogP contribution in [0.15, 0.2) is 24.5 Å². The summed E-state index contributed by atoms with van der Waals surface area (Å²) in [6.45, 7) is 0.983. The van der Waals surface area contributed by atoms with Crippen LogP contribution in [-0.2, 0) is 16.0 Å². The molecule has 1 fully saturated rings. The van der Waals surface area contributed by atoms with Gasteiger partial charge in [0.1, 0.15) is 0 Å². The fraction of sp³-hybridized carbons (Fsp3) is 0.462. The maximum Gasteiger partial charge on any atom is 0.308 e. The average molecular weight is 248 g/mol. The van der Waals surface area contributed by atoms with Gasteiger partial charge < -0.3 is 10.0 Å². The molecule has 18 heavy (non-hydrogen) atoms. The Balaban J connectivity index is 1.95. The fourth-order valence-corrected chi connectivity index (χ4v) is 2.19. The van der Waals surface area contributed by atoms with Gasteiger partial charge in [0.15, 0.2) is 0 Å². The molecule has 96 valence electrons. The lowest BCUT2D eigenvalue weighted by Crippen LogP contribution is -2.43. The van der Waals surface area contributed by atoms with Crippen LogP contribution >= 0.6 is 0 Å². The Morgan fingerprint density at radius 1 is 1.50 bits per heavy atom. The van der Waals surface area contributed by atoms with E-state index in [1.165, 1.54) is 0 Å². The molecule has 1 N–H and O–H groups in total. The van der Waals surface area contributed by atoms with Crippen LogP contribution in [0.5, 0.6) is 0 Å². The Morgan fingerprint density at radius 2 is 2.33 bits per heavy atom. The van der Waals surface area contributed by atoms with E-state index in [-0.39, 0.29) is 5.91 Å². The molecule has 1 aliphatic rings. The van der Waals surface area contributed by atoms with E-state index in [2.05, 4.69) is 4.98 Å². The second-order valence-electron chi connectivity index (χ2n) is 4.56. The smallest absolute Gasteiger partial charge is 0.308 e. The third-order valence-corrected chi connectivity index (χ3v) is 3.20. The second kappa shape index (κ2) is 5.62. The largest absolute Gasteiger partial charge is 0.481 e. The first-order valence-electron chi connectivity index (χ1n) is 6.06. The van der Waals surface area contributed by atoms with Crippen molar-refractivity contribution in [2.24, 2.45) is 5.92 Å². The first-order chi connectivity index (χ1) is 8.66. The minimum absolute atomic E-state index is 0.0195. The van der Waals surface area contributed by atoms with Gasteiger partial charge in [-0.2, -0.15) is 0 Å². The molecule has 1 aromatic heterocycles. The molecule has 1 saturated heterocycles. The number of piperidine rings is 1. The fourth-order valence-electron chi connectivity index (χ4n) is 2.19. The van der Waals surface area contributed by atoms with Crippen molar-refractivity contribution in [3.8, 4) is 0 Å². The van der Waals surface area contributed by atoms with Gasteiger partial charge in [-0.15, -0.1) is 0 Å². The molecule has 0 spiro atoms. The van der Waals surface area contributed by atoms with Gasteiger partial charge in [-0.3, -0.25) is 14.6 Å². The summed E-state index contributed by atoms with van der Waals surface area (Å²) in [6, 6.07) is 3.64. The molecular formula is C13H16N2O3. The Bertz CT molecular complexity index is 433. The van der Waals surface area contributed by atoms with Crippen molar-refractivity contribution < 1.29 is 14.7 Å². The summed E-state index contributed by atoms with van der Waals surface area (Å²) in [5.74, 6) is -1.25. The number of aliphatic carboxylic acids is 1. The molecule has 1 atom stereocenters. The van der Waals surface area contributed by atoms with Crippen molar-refractivity contribution in [2.75, 3.05) is 13.1 Å². The van der Waals surface area contributed by atoms with Gasteiger partial charge in [0.25, 0.3) is 0 Å². The second-order valence-corrected chi connectivity index (χ2v) is 4.56. The number of nitrogens with zero attached hydrogens (tertiary/aromatic N) is 2. The van der Waals surface area contributed by atoms with Crippen molar-refractivity contribution in [1.29, 1.82) is 0 Å². The lowest BCUT2D eigenvalue weighted by molar-refractivity contribution is -0.145. The number of aromatic nitrogens is 1. The lowest BCUT2D eigenvalue weighted by Gasteiger charge is -2.30. The molecule has 2 heterocycles. The number of carbonyl (C=O) groups is 2. The number of amides is 1. The van der Waals surface area contributed by atoms with E-state index >= 15 is 0 Å². The first kappa shape index (κ1) is 12.5. The van der Waals surface area contributed by atoms with Gasteiger partial charge in [0.05, 0.1) is 12.3 Å². The number of rotatable bonds is 3. The molecule has 0 bridgehead atoms. The van der Waals surface area contributed by atoms with Crippen molar-refractivity contribution in [3.05, 3.63) is 30.1 Å². The third-order valence-electron chi connectivity index (χ3n) is 3.20. The molecular weight excluding hydrogens is 232 g/mol. The topological polar surface area (TPSA) is 70.5 Å². The number of likely N-dealkylation sites (tertiary alicyclic amines) is 1. The summed E-state index contributed by atoms with van der Waals surface area (Å²) in [5, 5.41) is 8.98. The van der Waals surface area contributed by atoms with Gasteiger partial charge in [0.2, 0.25) is 5.91 Å². The maximum atomic E-state index is 12.0. The summed E-state index contributed by atoms with van der Waals surface area (Å²) in [4.78, 5) is 28.6. The van der Waals surface area contributed by atoms with E-state index in [1.54, 1.807) is 23.4 Å². The molecule has 2 rings (SSSR count). The lowest BCUT2D eigenvalue weighted by atomic mass is 9.98. The van der Waals surface area contributed by atoms with Gasteiger partial charge in [0, 0.05) is 25.5 Å². The molecule has 0 radical (unpaired) electrons. The highest BCUT2D eigenvalue weighted by atomic mass is 16.4. The number of carboxylic acid groups (broad SMARTS) is 1.